The number of β-amino-alcohol motifs (C(OH)–C–C–N with tert-alkyl or cyclic N) is 1. The van der Waals surface area contributed by atoms with Gasteiger partial charge in [-0.25, -0.2) is 4.98 Å². The molecular formula is C63H74ClF3N6O9S. The van der Waals surface area contributed by atoms with Crippen LogP contribution in [0.4, 0.5) is 13.2 Å². The van der Waals surface area contributed by atoms with Crippen LogP contribution >= 0.6 is 22.9 Å². The number of hydrogen-bond donors (Lipinski definition) is 4. The summed E-state index contributed by atoms with van der Waals surface area (Å²) < 4.78 is 64.4. The number of aromatic nitrogens is 1. The number of halogens is 4. The summed E-state index contributed by atoms with van der Waals surface area (Å²) in [5, 5.41) is 18.8. The lowest BCUT2D eigenvalue weighted by atomic mass is 9.85. The summed E-state index contributed by atoms with van der Waals surface area (Å²) in [6.45, 7) is 10.1. The van der Waals surface area contributed by atoms with Crippen LogP contribution < -0.4 is 20.7 Å². The number of aryl methyl sites for hydroxylation is 1. The largest absolute Gasteiger partial charge is 0.494 e. The van der Waals surface area contributed by atoms with Gasteiger partial charge in [0.25, 0.3) is 0 Å². The van der Waals surface area contributed by atoms with Crippen molar-refractivity contribution in [3.8, 4) is 16.2 Å². The lowest BCUT2D eigenvalue weighted by Crippen LogP contribution is -2.58. The molecule has 6 aromatic rings. The molecule has 83 heavy (non-hydrogen) atoms. The lowest BCUT2D eigenvalue weighted by molar-refractivity contribution is -0.144. The molecule has 3 atom stereocenters. The van der Waals surface area contributed by atoms with Gasteiger partial charge in [-0.1, -0.05) is 142 Å². The molecule has 20 heteroatoms. The molecule has 0 spiro atoms. The number of nitrogens with zero attached hydrogens (tertiary/aromatic N) is 3. The highest BCUT2D eigenvalue weighted by Crippen LogP contribution is 2.37. The van der Waals surface area contributed by atoms with Crippen molar-refractivity contribution in [3.05, 3.63) is 177 Å². The van der Waals surface area contributed by atoms with E-state index in [1.807, 2.05) is 113 Å². The Morgan fingerprint density at radius 1 is 0.795 bits per heavy atom. The summed E-state index contributed by atoms with van der Waals surface area (Å²) in [6, 6.07) is 37.2. The molecule has 0 aliphatic carbocycles. The first-order chi connectivity index (χ1) is 39.8. The van der Waals surface area contributed by atoms with Crippen LogP contribution in [0.15, 0.2) is 133 Å². The number of rotatable bonds is 30. The molecule has 1 saturated heterocycles. The molecule has 1 aromatic heterocycles. The number of carbonyl (C=O) groups is 4. The van der Waals surface area contributed by atoms with E-state index in [1.54, 1.807) is 22.9 Å². The van der Waals surface area contributed by atoms with Crippen LogP contribution in [-0.2, 0) is 59.1 Å². The van der Waals surface area contributed by atoms with Gasteiger partial charge in [0.15, 0.2) is 0 Å². The molecular weight excluding hydrogens is 1110 g/mol. The van der Waals surface area contributed by atoms with Crippen LogP contribution in [0.3, 0.4) is 0 Å². The van der Waals surface area contributed by atoms with Gasteiger partial charge >= 0.3 is 6.18 Å². The highest BCUT2D eigenvalue weighted by molar-refractivity contribution is 7.13. The first kappa shape index (κ1) is 63.9. The van der Waals surface area contributed by atoms with E-state index in [1.165, 1.54) is 11.0 Å². The molecule has 7 rings (SSSR count). The predicted molar refractivity (Wildman–Crippen MR) is 314 cm³/mol. The van der Waals surface area contributed by atoms with Crippen molar-refractivity contribution in [2.24, 2.45) is 5.41 Å². The zero-order valence-corrected chi connectivity index (χ0v) is 48.9. The maximum absolute atomic E-state index is 14.0. The van der Waals surface area contributed by atoms with Crippen molar-refractivity contribution in [1.29, 1.82) is 0 Å². The Balaban J connectivity index is 0.765. The summed E-state index contributed by atoms with van der Waals surface area (Å²) in [7, 11) is 0. The lowest BCUT2D eigenvalue weighted by Gasteiger charge is -2.35. The number of ether oxygens (including phenoxy) is 4. The maximum Gasteiger partial charge on any atom is 0.417 e. The Morgan fingerprint density at radius 3 is 2.11 bits per heavy atom. The molecule has 0 saturated carbocycles. The van der Waals surface area contributed by atoms with E-state index in [2.05, 4.69) is 50.1 Å². The Labute approximate surface area is 492 Å². The van der Waals surface area contributed by atoms with Gasteiger partial charge in [-0.3, -0.25) is 24.1 Å². The zero-order chi connectivity index (χ0) is 59.4. The van der Waals surface area contributed by atoms with Crippen LogP contribution in [0.5, 0.6) is 5.75 Å². The smallest absolute Gasteiger partial charge is 0.417 e. The molecule has 4 N–H and O–H groups in total. The van der Waals surface area contributed by atoms with Crippen molar-refractivity contribution in [3.63, 3.8) is 0 Å². The van der Waals surface area contributed by atoms with Gasteiger partial charge in [0.2, 0.25) is 23.6 Å². The minimum atomic E-state index is -4.58. The standard InChI is InChI=1S/C63H74ClF3N6O9S/c1-43-58(83-42-70-43)48-24-22-44(23-25-48)37-69-60(77)54-36-50(74)39-73(54)61(78)59(62(2,3)4)71-56(76)41-81-33-32-80-31-30-79-29-26-68-55(75)35-45-14-11-20-51(34-45)82-28-13-27-72(38-49-19-12-21-53(57(49)64)63(65,66)67)40-52(46-15-7-5-8-16-46)47-17-9-6-10-18-47/h5-12,14-25,34,42,50,52,54,59,74H,13,26-33,35-41H2,1-4H3,(H,68,75)(H,69,77)(H,71,76). The van der Waals surface area contributed by atoms with Crippen molar-refractivity contribution in [2.45, 2.75) is 90.3 Å². The van der Waals surface area contributed by atoms with Gasteiger partial charge < -0.3 is 44.9 Å². The Morgan fingerprint density at radius 2 is 1.46 bits per heavy atom. The zero-order valence-electron chi connectivity index (χ0n) is 47.3. The molecule has 2 heterocycles. The number of benzene rings is 5. The summed E-state index contributed by atoms with van der Waals surface area (Å²) in [5.41, 5.74) is 6.36. The molecule has 1 fully saturated rings. The van der Waals surface area contributed by atoms with E-state index < -0.39 is 53.1 Å². The Kier molecular flexibility index (Phi) is 24.1. The summed E-state index contributed by atoms with van der Waals surface area (Å²) in [6.07, 6.45) is -4.73. The third-order valence-corrected chi connectivity index (χ3v) is 15.5. The van der Waals surface area contributed by atoms with Crippen molar-refractivity contribution in [1.82, 2.24) is 30.7 Å². The van der Waals surface area contributed by atoms with E-state index in [9.17, 15) is 37.5 Å². The third-order valence-electron chi connectivity index (χ3n) is 14.0. The van der Waals surface area contributed by atoms with Crippen LogP contribution in [0, 0.1) is 12.3 Å². The van der Waals surface area contributed by atoms with Crippen molar-refractivity contribution >= 4 is 46.6 Å². The number of hydrogen-bond acceptors (Lipinski definition) is 12. The van der Waals surface area contributed by atoms with E-state index in [-0.39, 0.29) is 95.5 Å². The highest BCUT2D eigenvalue weighted by atomic mass is 35.5. The molecule has 5 aromatic carbocycles. The fraction of sp³-hybridized carbons (Fsp3) is 0.413. The molecule has 444 valence electrons. The second kappa shape index (κ2) is 31.3. The second-order valence-electron chi connectivity index (χ2n) is 21.5. The van der Waals surface area contributed by atoms with E-state index in [0.717, 1.165) is 44.5 Å². The van der Waals surface area contributed by atoms with E-state index >= 15 is 0 Å². The van der Waals surface area contributed by atoms with Crippen molar-refractivity contribution < 1.29 is 56.4 Å². The van der Waals surface area contributed by atoms with Gasteiger partial charge in [-0.2, -0.15) is 13.2 Å². The average Bonchev–Trinajstić information content (AvgIpc) is 4.33. The molecule has 4 amide bonds. The van der Waals surface area contributed by atoms with Gasteiger partial charge in [-0.05, 0) is 70.3 Å². The number of nitrogens with one attached hydrogen (secondary N) is 3. The molecule has 1 aliphatic rings. The van der Waals surface area contributed by atoms with Gasteiger partial charge in [0, 0.05) is 51.6 Å². The van der Waals surface area contributed by atoms with Crippen molar-refractivity contribution in [2.75, 3.05) is 72.4 Å². The van der Waals surface area contributed by atoms with Crippen LogP contribution in [-0.4, -0.2) is 134 Å². The monoisotopic (exact) mass is 1180 g/mol. The Bertz CT molecular complexity index is 2980. The number of carbonyl (C=O) groups excluding carboxylic acids is 4. The molecule has 3 unspecified atom stereocenters. The number of likely N-dealkylation sites (tertiary alicyclic amines) is 1. The number of aliphatic hydroxyl groups is 1. The van der Waals surface area contributed by atoms with Gasteiger partial charge in [-0.15, -0.1) is 11.3 Å². The number of thiazole rings is 1. The number of alkyl halides is 3. The quantitative estimate of drug-likeness (QED) is 0.0316. The fourth-order valence-corrected chi connectivity index (χ4v) is 10.9. The van der Waals surface area contributed by atoms with Gasteiger partial charge in [0.1, 0.15) is 24.4 Å². The van der Waals surface area contributed by atoms with E-state index in [0.29, 0.717) is 37.4 Å². The Hall–Kier alpha value is -6.71. The fourth-order valence-electron chi connectivity index (χ4n) is 9.75. The van der Waals surface area contributed by atoms with Crippen LogP contribution in [0.25, 0.3) is 10.4 Å². The minimum absolute atomic E-state index is 0.0426. The highest BCUT2D eigenvalue weighted by Gasteiger charge is 2.44. The van der Waals surface area contributed by atoms with Crippen LogP contribution in [0.2, 0.25) is 5.02 Å². The second-order valence-corrected chi connectivity index (χ2v) is 22.7. The third kappa shape index (κ3) is 19.7. The topological polar surface area (TPSA) is 181 Å². The van der Waals surface area contributed by atoms with E-state index in [4.69, 9.17) is 30.5 Å². The summed E-state index contributed by atoms with van der Waals surface area (Å²) in [4.78, 5) is 62.2. The minimum Gasteiger partial charge on any atom is -0.494 e. The van der Waals surface area contributed by atoms with Crippen LogP contribution in [0.1, 0.15) is 78.6 Å². The summed E-state index contributed by atoms with van der Waals surface area (Å²) >= 11 is 7.96. The molecule has 0 radical (unpaired) electrons. The first-order valence-electron chi connectivity index (χ1n) is 27.8. The SMILES string of the molecule is Cc1ncsc1-c1ccc(CNC(=O)C2CC(O)CN2C(=O)C(NC(=O)COCCOCCOCCNC(=O)Cc2cccc(OCCCN(Cc3cccc(C(F)(F)F)c3Cl)CC(c3ccccc3)c3ccccc3)c2)C(C)(C)C)cc1. The first-order valence-corrected chi connectivity index (χ1v) is 29.0. The predicted octanol–water partition coefficient (Wildman–Crippen LogP) is 9.41. The normalized spacial score (nSPS) is 14.9. The molecule has 0 bridgehead atoms. The number of amides is 4. The maximum atomic E-state index is 14.0. The van der Waals surface area contributed by atoms with Gasteiger partial charge in [0.05, 0.1) is 78.8 Å². The molecule has 1 aliphatic heterocycles. The molecule has 15 nitrogen and oxygen atoms in total. The summed E-state index contributed by atoms with van der Waals surface area (Å²) in [5.74, 6) is -1.06. The number of aliphatic hydroxyl groups excluding tert-OH is 1. The average molecular weight is 1180 g/mol.